The van der Waals surface area contributed by atoms with E-state index in [1.165, 1.54) is 11.3 Å². The maximum Gasteiger partial charge on any atom is 0.261 e. The number of thiophene rings is 1. The molecule has 0 fully saturated rings. The van der Waals surface area contributed by atoms with Crippen molar-refractivity contribution >= 4 is 27.5 Å². The number of hydrogen-bond acceptors (Lipinski definition) is 6. The summed E-state index contributed by atoms with van der Waals surface area (Å²) < 4.78 is 10.7. The van der Waals surface area contributed by atoms with Gasteiger partial charge in [0.1, 0.15) is 28.8 Å². The summed E-state index contributed by atoms with van der Waals surface area (Å²) in [5.74, 6) is 2.12. The number of hydrogen-bond donors (Lipinski definition) is 1. The number of nitrogens with zero attached hydrogens (tertiary/aromatic N) is 2. The van der Waals surface area contributed by atoms with Gasteiger partial charge in [-0.2, -0.15) is 0 Å². The zero-order valence-corrected chi connectivity index (χ0v) is 16.1. The molecule has 6 nitrogen and oxygen atoms in total. The van der Waals surface area contributed by atoms with E-state index in [0.29, 0.717) is 18.0 Å². The third-order valence-corrected chi connectivity index (χ3v) is 5.19. The molecule has 0 radical (unpaired) electrons. The first-order chi connectivity index (χ1) is 12.5. The van der Waals surface area contributed by atoms with Crippen molar-refractivity contribution < 1.29 is 14.3 Å². The quantitative estimate of drug-likeness (QED) is 0.672. The van der Waals surface area contributed by atoms with Crippen molar-refractivity contribution in [2.24, 2.45) is 0 Å². The maximum absolute atomic E-state index is 12.5. The molecule has 3 rings (SSSR count). The minimum atomic E-state index is -0.110. The van der Waals surface area contributed by atoms with Gasteiger partial charge in [0, 0.05) is 11.1 Å². The Morgan fingerprint density at radius 2 is 1.81 bits per heavy atom. The van der Waals surface area contributed by atoms with E-state index in [1.54, 1.807) is 7.11 Å². The smallest absolute Gasteiger partial charge is 0.261 e. The molecule has 1 N–H and O–H groups in total. The van der Waals surface area contributed by atoms with Crippen LogP contribution in [-0.4, -0.2) is 36.1 Å². The van der Waals surface area contributed by atoms with Gasteiger partial charge in [-0.3, -0.25) is 4.79 Å². The molecule has 1 amide bonds. The highest BCUT2D eigenvalue weighted by Gasteiger charge is 2.18. The minimum Gasteiger partial charge on any atom is -0.497 e. The normalized spacial score (nSPS) is 10.8. The van der Waals surface area contributed by atoms with Crippen molar-refractivity contribution in [1.82, 2.24) is 15.3 Å². The molecule has 0 saturated carbocycles. The van der Waals surface area contributed by atoms with Crippen LogP contribution in [0.1, 0.15) is 26.8 Å². The molecule has 0 bridgehead atoms. The Kier molecular flexibility index (Phi) is 5.37. The van der Waals surface area contributed by atoms with Gasteiger partial charge in [0.05, 0.1) is 18.5 Å². The molecular formula is C19H21N3O3S. The summed E-state index contributed by atoms with van der Waals surface area (Å²) in [7, 11) is 1.62. The van der Waals surface area contributed by atoms with E-state index in [-0.39, 0.29) is 5.91 Å². The van der Waals surface area contributed by atoms with Crippen LogP contribution >= 0.6 is 11.3 Å². The van der Waals surface area contributed by atoms with Crippen LogP contribution in [-0.2, 0) is 0 Å². The molecule has 0 aliphatic heterocycles. The topological polar surface area (TPSA) is 73.3 Å². The van der Waals surface area contributed by atoms with Crippen molar-refractivity contribution in [3.63, 3.8) is 0 Å². The van der Waals surface area contributed by atoms with Gasteiger partial charge in [-0.05, 0) is 50.6 Å². The largest absolute Gasteiger partial charge is 0.497 e. The fourth-order valence-electron chi connectivity index (χ4n) is 2.78. The maximum atomic E-state index is 12.5. The van der Waals surface area contributed by atoms with Gasteiger partial charge in [-0.1, -0.05) is 0 Å². The third kappa shape index (κ3) is 3.77. The van der Waals surface area contributed by atoms with Gasteiger partial charge in [-0.15, -0.1) is 11.3 Å². The molecule has 2 heterocycles. The minimum absolute atomic E-state index is 0.110. The Morgan fingerprint density at radius 3 is 2.50 bits per heavy atom. The first-order valence-electron chi connectivity index (χ1n) is 8.29. The van der Waals surface area contributed by atoms with Crippen molar-refractivity contribution in [2.75, 3.05) is 20.3 Å². The summed E-state index contributed by atoms with van der Waals surface area (Å²) in [6, 6.07) is 7.33. The van der Waals surface area contributed by atoms with Gasteiger partial charge in [0.15, 0.2) is 0 Å². The zero-order chi connectivity index (χ0) is 18.7. The Labute approximate surface area is 156 Å². The molecule has 3 aromatic rings. The molecule has 0 saturated heterocycles. The summed E-state index contributed by atoms with van der Waals surface area (Å²) in [6.07, 6.45) is 0. The van der Waals surface area contributed by atoms with Gasteiger partial charge in [0.25, 0.3) is 5.91 Å². The van der Waals surface area contributed by atoms with E-state index in [1.807, 2.05) is 45.0 Å². The molecule has 1 aromatic carbocycles. The fraction of sp³-hybridized carbons (Fsp3) is 0.316. The van der Waals surface area contributed by atoms with Gasteiger partial charge < -0.3 is 14.8 Å². The lowest BCUT2D eigenvalue weighted by molar-refractivity contribution is 0.0950. The van der Waals surface area contributed by atoms with E-state index in [2.05, 4.69) is 15.3 Å². The molecule has 136 valence electrons. The SMILES string of the molecule is COc1ccc(OCCNC(=O)c2sc3nc(C)nc(C)c3c2C)cc1. The summed E-state index contributed by atoms with van der Waals surface area (Å²) >= 11 is 1.40. The summed E-state index contributed by atoms with van der Waals surface area (Å²) in [5, 5.41) is 3.87. The van der Waals surface area contributed by atoms with E-state index in [0.717, 1.165) is 38.8 Å². The number of amides is 1. The van der Waals surface area contributed by atoms with Crippen LogP contribution in [0.4, 0.5) is 0 Å². The third-order valence-electron chi connectivity index (χ3n) is 4.00. The lowest BCUT2D eigenvalue weighted by Gasteiger charge is -2.08. The number of methoxy groups -OCH3 is 1. The number of benzene rings is 1. The average molecular weight is 371 g/mol. The Morgan fingerprint density at radius 1 is 1.12 bits per heavy atom. The number of carbonyl (C=O) groups excluding carboxylic acids is 1. The van der Waals surface area contributed by atoms with Crippen LogP contribution in [0.5, 0.6) is 11.5 Å². The number of ether oxygens (including phenoxy) is 2. The van der Waals surface area contributed by atoms with Crippen LogP contribution in [0.2, 0.25) is 0 Å². The van der Waals surface area contributed by atoms with E-state index >= 15 is 0 Å². The second-order valence-corrected chi connectivity index (χ2v) is 6.87. The predicted molar refractivity (Wildman–Crippen MR) is 102 cm³/mol. The van der Waals surface area contributed by atoms with Crippen molar-refractivity contribution in [1.29, 1.82) is 0 Å². The summed E-state index contributed by atoms with van der Waals surface area (Å²) in [6.45, 7) is 6.55. The molecule has 0 unspecified atom stereocenters. The van der Waals surface area contributed by atoms with Crippen molar-refractivity contribution in [3.8, 4) is 11.5 Å². The van der Waals surface area contributed by atoms with Crippen LogP contribution < -0.4 is 14.8 Å². The van der Waals surface area contributed by atoms with Crippen molar-refractivity contribution in [3.05, 3.63) is 46.2 Å². The second kappa shape index (κ2) is 7.70. The van der Waals surface area contributed by atoms with Crippen LogP contribution in [0.3, 0.4) is 0 Å². The molecule has 0 aliphatic rings. The zero-order valence-electron chi connectivity index (χ0n) is 15.3. The van der Waals surface area contributed by atoms with E-state index < -0.39 is 0 Å². The molecule has 0 aliphatic carbocycles. The highest BCUT2D eigenvalue weighted by molar-refractivity contribution is 7.20. The number of rotatable bonds is 6. The monoisotopic (exact) mass is 371 g/mol. The van der Waals surface area contributed by atoms with Crippen LogP contribution in [0, 0.1) is 20.8 Å². The van der Waals surface area contributed by atoms with E-state index in [9.17, 15) is 4.79 Å². The highest BCUT2D eigenvalue weighted by Crippen LogP contribution is 2.31. The number of aromatic nitrogens is 2. The molecule has 7 heteroatoms. The summed E-state index contributed by atoms with van der Waals surface area (Å²) in [5.41, 5.74) is 1.83. The first kappa shape index (κ1) is 18.1. The number of aryl methyl sites for hydroxylation is 3. The Balaban J connectivity index is 1.60. The standard InChI is InChI=1S/C19H21N3O3S/c1-11-16-12(2)21-13(3)22-19(16)26-17(11)18(23)20-9-10-25-15-7-5-14(24-4)6-8-15/h5-8H,9-10H2,1-4H3,(H,20,23). The van der Waals surface area contributed by atoms with Gasteiger partial charge >= 0.3 is 0 Å². The molecule has 26 heavy (non-hydrogen) atoms. The Bertz CT molecular complexity index is 935. The molecule has 2 aromatic heterocycles. The van der Waals surface area contributed by atoms with Crippen LogP contribution in [0.25, 0.3) is 10.2 Å². The molecule has 0 atom stereocenters. The van der Waals surface area contributed by atoms with Crippen molar-refractivity contribution in [2.45, 2.75) is 20.8 Å². The number of nitrogens with one attached hydrogen (secondary N) is 1. The first-order valence-corrected chi connectivity index (χ1v) is 9.10. The van der Waals surface area contributed by atoms with E-state index in [4.69, 9.17) is 9.47 Å². The van der Waals surface area contributed by atoms with Gasteiger partial charge in [-0.25, -0.2) is 9.97 Å². The molecular weight excluding hydrogens is 350 g/mol. The Hall–Kier alpha value is -2.67. The fourth-order valence-corrected chi connectivity index (χ4v) is 3.97. The lowest BCUT2D eigenvalue weighted by Crippen LogP contribution is -2.27. The lowest BCUT2D eigenvalue weighted by atomic mass is 10.1. The average Bonchev–Trinajstić information content (AvgIpc) is 2.95. The highest BCUT2D eigenvalue weighted by atomic mass is 32.1. The van der Waals surface area contributed by atoms with Gasteiger partial charge in [0.2, 0.25) is 0 Å². The predicted octanol–water partition coefficient (Wildman–Crippen LogP) is 3.43. The number of fused-ring (bicyclic) bond motifs is 1. The van der Waals surface area contributed by atoms with Crippen LogP contribution in [0.15, 0.2) is 24.3 Å². The molecule has 0 spiro atoms. The summed E-state index contributed by atoms with van der Waals surface area (Å²) in [4.78, 5) is 22.9. The number of carbonyl (C=O) groups is 1. The second-order valence-electron chi connectivity index (χ2n) is 5.87.